The molecule has 1 aromatic rings. The molecule has 0 aromatic heterocycles. The third-order valence-corrected chi connectivity index (χ3v) is 4.50. The minimum atomic E-state index is -0.871. The highest BCUT2D eigenvalue weighted by Gasteiger charge is 2.38. The van der Waals surface area contributed by atoms with Crippen LogP contribution >= 0.6 is 0 Å². The Labute approximate surface area is 118 Å². The normalized spacial score (nSPS) is 25.3. The number of aryl methyl sites for hydroxylation is 1. The van der Waals surface area contributed by atoms with Crippen LogP contribution in [0.1, 0.15) is 42.7 Å². The highest BCUT2D eigenvalue weighted by Crippen LogP contribution is 2.35. The SMILES string of the molecule is O=C(O)C1CCCCN1C(=O)C1CCc2ccccc21. The fourth-order valence-corrected chi connectivity index (χ4v) is 3.47. The van der Waals surface area contributed by atoms with Crippen molar-refractivity contribution in [3.05, 3.63) is 35.4 Å². The van der Waals surface area contributed by atoms with Gasteiger partial charge in [-0.1, -0.05) is 24.3 Å². The van der Waals surface area contributed by atoms with Crippen LogP contribution in [0, 0.1) is 0 Å². The number of carbonyl (C=O) groups is 2. The number of likely N-dealkylation sites (tertiary alicyclic amines) is 1. The van der Waals surface area contributed by atoms with Gasteiger partial charge in [-0.3, -0.25) is 4.79 Å². The van der Waals surface area contributed by atoms with Crippen LogP contribution in [0.15, 0.2) is 24.3 Å². The molecule has 4 nitrogen and oxygen atoms in total. The Morgan fingerprint density at radius 1 is 1.15 bits per heavy atom. The monoisotopic (exact) mass is 273 g/mol. The number of benzene rings is 1. The molecule has 1 heterocycles. The average Bonchev–Trinajstić information content (AvgIpc) is 2.90. The molecule has 0 radical (unpaired) electrons. The van der Waals surface area contributed by atoms with Gasteiger partial charge in [-0.25, -0.2) is 4.79 Å². The minimum Gasteiger partial charge on any atom is -0.480 e. The van der Waals surface area contributed by atoms with Gasteiger partial charge in [0.2, 0.25) is 5.91 Å². The van der Waals surface area contributed by atoms with E-state index in [0.29, 0.717) is 13.0 Å². The Kier molecular flexibility index (Phi) is 3.47. The van der Waals surface area contributed by atoms with Gasteiger partial charge in [-0.15, -0.1) is 0 Å². The van der Waals surface area contributed by atoms with Crippen molar-refractivity contribution in [3.8, 4) is 0 Å². The van der Waals surface area contributed by atoms with E-state index in [9.17, 15) is 14.7 Å². The molecule has 0 saturated carbocycles. The number of amides is 1. The Morgan fingerprint density at radius 3 is 2.75 bits per heavy atom. The summed E-state index contributed by atoms with van der Waals surface area (Å²) in [5, 5.41) is 9.30. The second-order valence-corrected chi connectivity index (χ2v) is 5.67. The molecule has 20 heavy (non-hydrogen) atoms. The van der Waals surface area contributed by atoms with Crippen molar-refractivity contribution in [1.29, 1.82) is 0 Å². The number of hydrogen-bond acceptors (Lipinski definition) is 2. The van der Waals surface area contributed by atoms with Gasteiger partial charge < -0.3 is 10.0 Å². The van der Waals surface area contributed by atoms with Crippen LogP contribution in [-0.4, -0.2) is 34.5 Å². The first kappa shape index (κ1) is 13.2. The van der Waals surface area contributed by atoms with Gasteiger partial charge in [-0.2, -0.15) is 0 Å². The molecule has 1 aliphatic carbocycles. The molecular formula is C16H19NO3. The molecule has 1 fully saturated rings. The van der Waals surface area contributed by atoms with E-state index in [1.54, 1.807) is 4.90 Å². The quantitative estimate of drug-likeness (QED) is 0.898. The lowest BCUT2D eigenvalue weighted by Gasteiger charge is -2.34. The number of hydrogen-bond donors (Lipinski definition) is 1. The van der Waals surface area contributed by atoms with E-state index in [1.165, 1.54) is 5.56 Å². The summed E-state index contributed by atoms with van der Waals surface area (Å²) in [7, 11) is 0. The summed E-state index contributed by atoms with van der Waals surface area (Å²) in [5.74, 6) is -1.02. The van der Waals surface area contributed by atoms with E-state index in [-0.39, 0.29) is 11.8 Å². The summed E-state index contributed by atoms with van der Waals surface area (Å²) in [6.07, 6.45) is 4.10. The lowest BCUT2D eigenvalue weighted by Crippen LogP contribution is -2.49. The van der Waals surface area contributed by atoms with Gasteiger partial charge in [0.05, 0.1) is 5.92 Å². The highest BCUT2D eigenvalue weighted by atomic mass is 16.4. The van der Waals surface area contributed by atoms with Crippen LogP contribution < -0.4 is 0 Å². The smallest absolute Gasteiger partial charge is 0.326 e. The zero-order chi connectivity index (χ0) is 14.1. The summed E-state index contributed by atoms with van der Waals surface area (Å²) in [5.41, 5.74) is 2.32. The number of aliphatic carboxylic acids is 1. The van der Waals surface area contributed by atoms with Crippen LogP contribution in [0.25, 0.3) is 0 Å². The summed E-state index contributed by atoms with van der Waals surface area (Å²) < 4.78 is 0. The van der Waals surface area contributed by atoms with Crippen molar-refractivity contribution in [2.75, 3.05) is 6.54 Å². The van der Waals surface area contributed by atoms with Gasteiger partial charge in [-0.05, 0) is 43.2 Å². The van der Waals surface area contributed by atoms with Gasteiger partial charge in [0.1, 0.15) is 6.04 Å². The van der Waals surface area contributed by atoms with E-state index in [4.69, 9.17) is 0 Å². The van der Waals surface area contributed by atoms with E-state index < -0.39 is 12.0 Å². The molecule has 2 atom stereocenters. The Morgan fingerprint density at radius 2 is 1.95 bits per heavy atom. The first-order chi connectivity index (χ1) is 9.68. The fraction of sp³-hybridized carbons (Fsp3) is 0.500. The number of fused-ring (bicyclic) bond motifs is 1. The second kappa shape index (κ2) is 5.27. The molecule has 106 valence electrons. The topological polar surface area (TPSA) is 57.6 Å². The Hall–Kier alpha value is -1.84. The molecule has 0 bridgehead atoms. The van der Waals surface area contributed by atoms with E-state index in [1.807, 2.05) is 18.2 Å². The van der Waals surface area contributed by atoms with Gasteiger partial charge in [0.15, 0.2) is 0 Å². The molecule has 3 rings (SSSR count). The first-order valence-electron chi connectivity index (χ1n) is 7.29. The molecule has 2 aliphatic rings. The van der Waals surface area contributed by atoms with Crippen molar-refractivity contribution in [2.24, 2.45) is 0 Å². The second-order valence-electron chi connectivity index (χ2n) is 5.67. The zero-order valence-corrected chi connectivity index (χ0v) is 11.4. The molecule has 1 saturated heterocycles. The number of piperidine rings is 1. The summed E-state index contributed by atoms with van der Waals surface area (Å²) in [6.45, 7) is 0.578. The maximum atomic E-state index is 12.7. The molecule has 0 spiro atoms. The van der Waals surface area contributed by atoms with Gasteiger partial charge in [0, 0.05) is 6.54 Å². The number of carbonyl (C=O) groups excluding carboxylic acids is 1. The highest BCUT2D eigenvalue weighted by molar-refractivity contribution is 5.89. The van der Waals surface area contributed by atoms with Crippen LogP contribution in [0.4, 0.5) is 0 Å². The van der Waals surface area contributed by atoms with Crippen LogP contribution in [0.3, 0.4) is 0 Å². The van der Waals surface area contributed by atoms with E-state index in [0.717, 1.165) is 31.2 Å². The fourth-order valence-electron chi connectivity index (χ4n) is 3.47. The maximum Gasteiger partial charge on any atom is 0.326 e. The van der Waals surface area contributed by atoms with Gasteiger partial charge in [0.25, 0.3) is 0 Å². The number of rotatable bonds is 2. The summed E-state index contributed by atoms with van der Waals surface area (Å²) in [6, 6.07) is 7.38. The number of carboxylic acid groups (broad SMARTS) is 1. The van der Waals surface area contributed by atoms with Crippen molar-refractivity contribution < 1.29 is 14.7 Å². The predicted octanol–water partition coefficient (Wildman–Crippen LogP) is 2.18. The average molecular weight is 273 g/mol. The van der Waals surface area contributed by atoms with Crippen molar-refractivity contribution in [2.45, 2.75) is 44.1 Å². The van der Waals surface area contributed by atoms with Crippen molar-refractivity contribution in [3.63, 3.8) is 0 Å². The third-order valence-electron chi connectivity index (χ3n) is 4.50. The standard InChI is InChI=1S/C16H19NO3/c18-15(17-10-4-3-7-14(17)16(19)20)13-9-8-11-5-1-2-6-12(11)13/h1-2,5-6,13-14H,3-4,7-10H2,(H,19,20). The largest absolute Gasteiger partial charge is 0.480 e. The van der Waals surface area contributed by atoms with E-state index >= 15 is 0 Å². The van der Waals surface area contributed by atoms with Crippen LogP contribution in [-0.2, 0) is 16.0 Å². The third kappa shape index (κ3) is 2.19. The molecule has 1 amide bonds. The molecule has 2 unspecified atom stereocenters. The van der Waals surface area contributed by atoms with Crippen LogP contribution in [0.2, 0.25) is 0 Å². The maximum absolute atomic E-state index is 12.7. The minimum absolute atomic E-state index is 0.00190. The summed E-state index contributed by atoms with van der Waals surface area (Å²) in [4.78, 5) is 25.7. The van der Waals surface area contributed by atoms with Gasteiger partial charge >= 0.3 is 5.97 Å². The Balaban J connectivity index is 1.84. The zero-order valence-electron chi connectivity index (χ0n) is 11.4. The first-order valence-corrected chi connectivity index (χ1v) is 7.29. The molecule has 1 aromatic carbocycles. The number of carboxylic acids is 1. The predicted molar refractivity (Wildman–Crippen MR) is 74.5 cm³/mol. The number of nitrogens with zero attached hydrogens (tertiary/aromatic N) is 1. The lowest BCUT2D eigenvalue weighted by molar-refractivity contribution is -0.152. The molecule has 1 aliphatic heterocycles. The van der Waals surface area contributed by atoms with Crippen molar-refractivity contribution >= 4 is 11.9 Å². The molecule has 1 N–H and O–H groups in total. The van der Waals surface area contributed by atoms with Crippen LogP contribution in [0.5, 0.6) is 0 Å². The lowest BCUT2D eigenvalue weighted by atomic mass is 9.95. The van der Waals surface area contributed by atoms with Crippen molar-refractivity contribution in [1.82, 2.24) is 4.90 Å². The Bertz CT molecular complexity index is 540. The summed E-state index contributed by atoms with van der Waals surface area (Å²) >= 11 is 0. The molecule has 4 heteroatoms. The molecular weight excluding hydrogens is 254 g/mol. The van der Waals surface area contributed by atoms with E-state index in [2.05, 4.69) is 6.07 Å².